The second-order valence-electron chi connectivity index (χ2n) is 6.61. The number of hydrogen-bond donors (Lipinski definition) is 2. The van der Waals surface area contributed by atoms with Gasteiger partial charge in [0, 0.05) is 5.41 Å². The molecule has 5 nitrogen and oxygen atoms in total. The lowest BCUT2D eigenvalue weighted by atomic mass is 9.49. The van der Waals surface area contributed by atoms with E-state index in [0.29, 0.717) is 0 Å². The van der Waals surface area contributed by atoms with E-state index in [1.54, 1.807) is 0 Å². The summed E-state index contributed by atoms with van der Waals surface area (Å²) < 4.78 is 0. The molecule has 106 valence electrons. The van der Waals surface area contributed by atoms with Crippen LogP contribution in [0.25, 0.3) is 0 Å². The molecule has 2 N–H and O–H groups in total. The van der Waals surface area contributed by atoms with Crippen LogP contribution in [0.15, 0.2) is 0 Å². The van der Waals surface area contributed by atoms with Gasteiger partial charge in [-0.05, 0) is 56.3 Å². The van der Waals surface area contributed by atoms with Crippen molar-refractivity contribution in [3.63, 3.8) is 0 Å². The fourth-order valence-corrected chi connectivity index (χ4v) is 4.89. The molecule has 19 heavy (non-hydrogen) atoms. The molecule has 0 unspecified atom stereocenters. The maximum absolute atomic E-state index is 12.5. The lowest BCUT2D eigenvalue weighted by Gasteiger charge is -2.55. The zero-order valence-corrected chi connectivity index (χ0v) is 11.4. The Labute approximate surface area is 113 Å². The summed E-state index contributed by atoms with van der Waals surface area (Å²) in [4.78, 5) is 28.3. The molecule has 0 heterocycles. The van der Waals surface area contributed by atoms with Gasteiger partial charge in [0.2, 0.25) is 5.91 Å². The van der Waals surface area contributed by atoms with Crippen molar-refractivity contribution in [3.05, 3.63) is 0 Å². The zero-order chi connectivity index (χ0) is 13.5. The average molecular weight is 266 g/mol. The molecule has 0 saturated heterocycles. The van der Waals surface area contributed by atoms with Crippen molar-refractivity contribution in [2.75, 3.05) is 13.7 Å². The van der Waals surface area contributed by atoms with Gasteiger partial charge in [-0.25, -0.2) is 5.48 Å². The third-order valence-electron chi connectivity index (χ3n) is 5.15. The summed E-state index contributed by atoms with van der Waals surface area (Å²) in [5.74, 6) is 2.00. The summed E-state index contributed by atoms with van der Waals surface area (Å²) in [6, 6.07) is 0. The smallest absolute Gasteiger partial charge is 0.262 e. The molecule has 4 aliphatic rings. The first-order chi connectivity index (χ1) is 9.11. The fraction of sp³-hybridized carbons (Fsp3) is 0.857. The topological polar surface area (TPSA) is 67.4 Å². The number of hydrogen-bond acceptors (Lipinski definition) is 3. The van der Waals surface area contributed by atoms with E-state index in [4.69, 9.17) is 0 Å². The van der Waals surface area contributed by atoms with Crippen LogP contribution in [0.5, 0.6) is 0 Å². The van der Waals surface area contributed by atoms with Crippen molar-refractivity contribution in [1.29, 1.82) is 0 Å². The molecule has 5 heteroatoms. The second-order valence-corrected chi connectivity index (χ2v) is 6.61. The van der Waals surface area contributed by atoms with Gasteiger partial charge < -0.3 is 5.32 Å². The second kappa shape index (κ2) is 4.78. The SMILES string of the molecule is CONC(=O)CNC(=O)C12CC3CC(CC(C3)C1)C2. The predicted octanol–water partition coefficient (Wildman–Crippen LogP) is 0.997. The number of hydroxylamine groups is 1. The monoisotopic (exact) mass is 266 g/mol. The Balaban J connectivity index is 1.61. The Kier molecular flexibility index (Phi) is 3.25. The Morgan fingerprint density at radius 2 is 1.63 bits per heavy atom. The van der Waals surface area contributed by atoms with Gasteiger partial charge in [0.05, 0.1) is 13.7 Å². The van der Waals surface area contributed by atoms with Crippen molar-refractivity contribution < 1.29 is 14.4 Å². The van der Waals surface area contributed by atoms with E-state index < -0.39 is 0 Å². The van der Waals surface area contributed by atoms with E-state index in [2.05, 4.69) is 15.6 Å². The molecule has 4 bridgehead atoms. The van der Waals surface area contributed by atoms with Gasteiger partial charge in [-0.2, -0.15) is 0 Å². The first-order valence-electron chi connectivity index (χ1n) is 7.21. The molecule has 0 aromatic rings. The molecule has 0 spiro atoms. The van der Waals surface area contributed by atoms with Crippen LogP contribution in [-0.2, 0) is 14.4 Å². The third-order valence-corrected chi connectivity index (χ3v) is 5.15. The van der Waals surface area contributed by atoms with Gasteiger partial charge in [-0.15, -0.1) is 0 Å². The molecule has 0 radical (unpaired) electrons. The standard InChI is InChI=1S/C14H22N2O3/c1-19-16-12(17)8-15-13(18)14-5-9-2-10(6-14)4-11(3-9)7-14/h9-11H,2-8H2,1H3,(H,15,18)(H,16,17). The van der Waals surface area contributed by atoms with E-state index in [-0.39, 0.29) is 23.8 Å². The first-order valence-corrected chi connectivity index (χ1v) is 7.21. The van der Waals surface area contributed by atoms with Gasteiger partial charge in [0.1, 0.15) is 0 Å². The quantitative estimate of drug-likeness (QED) is 0.746. The van der Waals surface area contributed by atoms with E-state index >= 15 is 0 Å². The predicted molar refractivity (Wildman–Crippen MR) is 68.8 cm³/mol. The van der Waals surface area contributed by atoms with Gasteiger partial charge >= 0.3 is 0 Å². The van der Waals surface area contributed by atoms with Crippen molar-refractivity contribution in [3.8, 4) is 0 Å². The molecule has 0 aliphatic heterocycles. The van der Waals surface area contributed by atoms with Crippen LogP contribution in [0, 0.1) is 23.2 Å². The van der Waals surface area contributed by atoms with Gasteiger partial charge in [0.25, 0.3) is 5.91 Å². The van der Waals surface area contributed by atoms with Crippen LogP contribution < -0.4 is 10.8 Å². The summed E-state index contributed by atoms with van der Waals surface area (Å²) >= 11 is 0. The molecule has 0 aromatic carbocycles. The lowest BCUT2D eigenvalue weighted by Crippen LogP contribution is -2.54. The Hall–Kier alpha value is -1.10. The number of carbonyl (C=O) groups excluding carboxylic acids is 2. The minimum absolute atomic E-state index is 0.00836. The van der Waals surface area contributed by atoms with E-state index in [1.165, 1.54) is 26.4 Å². The molecule has 4 fully saturated rings. The van der Waals surface area contributed by atoms with Crippen LogP contribution in [0.2, 0.25) is 0 Å². The minimum atomic E-state index is -0.305. The van der Waals surface area contributed by atoms with Crippen LogP contribution in [0.1, 0.15) is 38.5 Å². The number of nitrogens with one attached hydrogen (secondary N) is 2. The summed E-state index contributed by atoms with van der Waals surface area (Å²) in [6.07, 6.45) is 7.02. The summed E-state index contributed by atoms with van der Waals surface area (Å²) in [7, 11) is 1.39. The largest absolute Gasteiger partial charge is 0.346 e. The number of rotatable bonds is 4. The highest BCUT2D eigenvalue weighted by molar-refractivity contribution is 5.87. The van der Waals surface area contributed by atoms with Gasteiger partial charge in [0.15, 0.2) is 0 Å². The summed E-state index contributed by atoms with van der Waals surface area (Å²) in [5, 5.41) is 2.79. The van der Waals surface area contributed by atoms with Gasteiger partial charge in [-0.1, -0.05) is 0 Å². The fourth-order valence-electron chi connectivity index (χ4n) is 4.89. The summed E-state index contributed by atoms with van der Waals surface area (Å²) in [5.41, 5.74) is 2.04. The first kappa shape index (κ1) is 12.9. The van der Waals surface area contributed by atoms with Crippen LogP contribution >= 0.6 is 0 Å². The maximum Gasteiger partial charge on any atom is 0.262 e. The molecule has 4 saturated carbocycles. The average Bonchev–Trinajstić information content (AvgIpc) is 2.34. The highest BCUT2D eigenvalue weighted by Crippen LogP contribution is 2.60. The molecular formula is C14H22N2O3. The van der Waals surface area contributed by atoms with Crippen molar-refractivity contribution in [2.24, 2.45) is 23.2 Å². The van der Waals surface area contributed by atoms with E-state index in [9.17, 15) is 9.59 Å². The third kappa shape index (κ3) is 2.36. The Morgan fingerprint density at radius 1 is 1.11 bits per heavy atom. The van der Waals surface area contributed by atoms with Crippen molar-refractivity contribution in [1.82, 2.24) is 10.8 Å². The van der Waals surface area contributed by atoms with Crippen molar-refractivity contribution >= 4 is 11.8 Å². The Bertz CT molecular complexity index is 359. The normalized spacial score (nSPS) is 39.1. The molecule has 4 aliphatic carbocycles. The molecule has 0 atom stereocenters. The van der Waals surface area contributed by atoms with E-state index in [1.807, 2.05) is 0 Å². The zero-order valence-electron chi connectivity index (χ0n) is 11.4. The molecule has 4 rings (SSSR count). The van der Waals surface area contributed by atoms with Gasteiger partial charge in [-0.3, -0.25) is 14.4 Å². The summed E-state index contributed by atoms with van der Waals surface area (Å²) in [6.45, 7) is 0.00836. The van der Waals surface area contributed by atoms with E-state index in [0.717, 1.165) is 37.0 Å². The van der Waals surface area contributed by atoms with Crippen molar-refractivity contribution in [2.45, 2.75) is 38.5 Å². The van der Waals surface area contributed by atoms with Crippen LogP contribution in [0.4, 0.5) is 0 Å². The maximum atomic E-state index is 12.5. The number of amides is 2. The minimum Gasteiger partial charge on any atom is -0.346 e. The van der Waals surface area contributed by atoms with Crippen LogP contribution in [-0.4, -0.2) is 25.5 Å². The van der Waals surface area contributed by atoms with Crippen LogP contribution in [0.3, 0.4) is 0 Å². The molecule has 0 aromatic heterocycles. The number of carbonyl (C=O) groups is 2. The highest BCUT2D eigenvalue weighted by atomic mass is 16.6. The highest BCUT2D eigenvalue weighted by Gasteiger charge is 2.54. The Morgan fingerprint density at radius 3 is 2.11 bits per heavy atom. The molecular weight excluding hydrogens is 244 g/mol. The lowest BCUT2D eigenvalue weighted by molar-refractivity contribution is -0.148. The molecule has 2 amide bonds.